The maximum atomic E-state index is 5.25. The fourth-order valence-corrected chi connectivity index (χ4v) is 1.68. The van der Waals surface area contributed by atoms with Crippen LogP contribution in [0.5, 0.6) is 0 Å². The number of likely N-dealkylation sites (N-methyl/N-ethyl adjacent to an activating group) is 1. The maximum Gasteiger partial charge on any atom is 0.117 e. The first kappa shape index (κ1) is 11.7. The zero-order valence-electron chi connectivity index (χ0n) is 10.1. The van der Waals surface area contributed by atoms with Crippen molar-refractivity contribution in [3.8, 4) is 0 Å². The van der Waals surface area contributed by atoms with Gasteiger partial charge in [0, 0.05) is 25.8 Å². The highest BCUT2D eigenvalue weighted by Crippen LogP contribution is 2.09. The van der Waals surface area contributed by atoms with Gasteiger partial charge in [0.1, 0.15) is 5.76 Å². The highest BCUT2D eigenvalue weighted by Gasteiger charge is 1.99. The number of furan rings is 1. The van der Waals surface area contributed by atoms with Crippen LogP contribution in [0.15, 0.2) is 53.1 Å². The van der Waals surface area contributed by atoms with E-state index in [-0.39, 0.29) is 0 Å². The van der Waals surface area contributed by atoms with Gasteiger partial charge in [-0.3, -0.25) is 0 Å². The summed E-state index contributed by atoms with van der Waals surface area (Å²) in [4.78, 5) is 2.23. The number of rotatable bonds is 6. The lowest BCUT2D eigenvalue weighted by Crippen LogP contribution is -2.28. The average molecular weight is 230 g/mol. The molecule has 0 atom stereocenters. The summed E-state index contributed by atoms with van der Waals surface area (Å²) in [6.07, 6.45) is 1.70. The Labute approximate surface area is 102 Å². The fourth-order valence-electron chi connectivity index (χ4n) is 1.68. The first-order chi connectivity index (χ1) is 8.36. The van der Waals surface area contributed by atoms with Gasteiger partial charge in [0.15, 0.2) is 0 Å². The van der Waals surface area contributed by atoms with Gasteiger partial charge in [0.25, 0.3) is 0 Å². The topological polar surface area (TPSA) is 28.4 Å². The lowest BCUT2D eigenvalue weighted by atomic mass is 10.3. The van der Waals surface area contributed by atoms with Crippen molar-refractivity contribution in [3.05, 3.63) is 54.5 Å². The molecule has 90 valence electrons. The highest BCUT2D eigenvalue weighted by molar-refractivity contribution is 5.44. The van der Waals surface area contributed by atoms with Crippen LogP contribution >= 0.6 is 0 Å². The van der Waals surface area contributed by atoms with Crippen molar-refractivity contribution >= 4 is 5.69 Å². The molecule has 2 aromatic rings. The molecule has 17 heavy (non-hydrogen) atoms. The van der Waals surface area contributed by atoms with Crippen molar-refractivity contribution in [1.82, 2.24) is 5.32 Å². The smallest absolute Gasteiger partial charge is 0.117 e. The molecule has 1 aromatic heterocycles. The van der Waals surface area contributed by atoms with Crippen LogP contribution in [0.25, 0.3) is 0 Å². The third-order valence-corrected chi connectivity index (χ3v) is 2.70. The van der Waals surface area contributed by atoms with Crippen LogP contribution in [0.3, 0.4) is 0 Å². The van der Waals surface area contributed by atoms with Crippen LogP contribution in [0, 0.1) is 0 Å². The van der Waals surface area contributed by atoms with Gasteiger partial charge in [0.05, 0.1) is 12.8 Å². The van der Waals surface area contributed by atoms with Crippen LogP contribution in [-0.2, 0) is 6.54 Å². The maximum absolute atomic E-state index is 5.25. The van der Waals surface area contributed by atoms with Crippen molar-refractivity contribution in [2.24, 2.45) is 0 Å². The summed E-state index contributed by atoms with van der Waals surface area (Å²) >= 11 is 0. The first-order valence-electron chi connectivity index (χ1n) is 5.85. The summed E-state index contributed by atoms with van der Waals surface area (Å²) in [6, 6.07) is 14.3. The minimum Gasteiger partial charge on any atom is -0.468 e. The molecule has 1 N–H and O–H groups in total. The number of nitrogens with one attached hydrogen (secondary N) is 1. The van der Waals surface area contributed by atoms with E-state index in [1.807, 2.05) is 18.2 Å². The Hall–Kier alpha value is -1.74. The Morgan fingerprint density at radius 2 is 1.94 bits per heavy atom. The fraction of sp³-hybridized carbons (Fsp3) is 0.286. The molecule has 0 radical (unpaired) electrons. The molecular formula is C14H18N2O. The standard InChI is InChI=1S/C14H18N2O/c1-16(13-6-3-2-4-7-13)10-9-15-12-14-8-5-11-17-14/h2-8,11,15H,9-10,12H2,1H3. The van der Waals surface area contributed by atoms with Crippen LogP contribution in [-0.4, -0.2) is 20.1 Å². The molecule has 1 aromatic carbocycles. The predicted octanol–water partition coefficient (Wildman–Crippen LogP) is 2.51. The van der Waals surface area contributed by atoms with E-state index in [4.69, 9.17) is 4.42 Å². The second-order valence-corrected chi connectivity index (χ2v) is 4.01. The van der Waals surface area contributed by atoms with Crippen LogP contribution < -0.4 is 10.2 Å². The molecule has 0 bridgehead atoms. The molecule has 0 amide bonds. The Bertz CT molecular complexity index is 411. The molecule has 0 saturated heterocycles. The number of nitrogens with zero attached hydrogens (tertiary/aromatic N) is 1. The second kappa shape index (κ2) is 6.11. The lowest BCUT2D eigenvalue weighted by Gasteiger charge is -2.19. The number of anilines is 1. The van der Waals surface area contributed by atoms with Crippen LogP contribution in [0.1, 0.15) is 5.76 Å². The zero-order chi connectivity index (χ0) is 11.9. The average Bonchev–Trinajstić information content (AvgIpc) is 2.88. The van der Waals surface area contributed by atoms with Gasteiger partial charge in [-0.15, -0.1) is 0 Å². The van der Waals surface area contributed by atoms with Gasteiger partial charge in [-0.05, 0) is 24.3 Å². The van der Waals surface area contributed by atoms with Crippen LogP contribution in [0.2, 0.25) is 0 Å². The molecule has 0 spiro atoms. The van der Waals surface area contributed by atoms with Gasteiger partial charge < -0.3 is 14.6 Å². The van der Waals surface area contributed by atoms with Crippen molar-refractivity contribution < 1.29 is 4.42 Å². The van der Waals surface area contributed by atoms with E-state index in [2.05, 4.69) is 41.5 Å². The largest absolute Gasteiger partial charge is 0.468 e. The van der Waals surface area contributed by atoms with Gasteiger partial charge in [-0.1, -0.05) is 18.2 Å². The molecule has 2 rings (SSSR count). The summed E-state index contributed by atoms with van der Waals surface area (Å²) < 4.78 is 5.25. The Morgan fingerprint density at radius 3 is 2.65 bits per heavy atom. The minimum atomic E-state index is 0.787. The molecule has 0 fully saturated rings. The highest BCUT2D eigenvalue weighted by atomic mass is 16.3. The van der Waals surface area contributed by atoms with Crippen molar-refractivity contribution in [2.45, 2.75) is 6.54 Å². The SMILES string of the molecule is CN(CCNCc1ccco1)c1ccccc1. The Morgan fingerprint density at radius 1 is 1.12 bits per heavy atom. The lowest BCUT2D eigenvalue weighted by molar-refractivity contribution is 0.484. The summed E-state index contributed by atoms with van der Waals surface area (Å²) in [5.41, 5.74) is 1.24. The second-order valence-electron chi connectivity index (χ2n) is 4.01. The first-order valence-corrected chi connectivity index (χ1v) is 5.85. The molecule has 3 heteroatoms. The Kier molecular flexibility index (Phi) is 4.22. The number of hydrogen-bond acceptors (Lipinski definition) is 3. The predicted molar refractivity (Wildman–Crippen MR) is 70.1 cm³/mol. The van der Waals surface area contributed by atoms with E-state index < -0.39 is 0 Å². The summed E-state index contributed by atoms with van der Waals surface area (Å²) in [5, 5.41) is 3.35. The Balaban J connectivity index is 1.68. The molecular weight excluding hydrogens is 212 g/mol. The molecule has 3 nitrogen and oxygen atoms in total. The van der Waals surface area contributed by atoms with E-state index in [0.717, 1.165) is 25.4 Å². The molecule has 0 aliphatic rings. The zero-order valence-corrected chi connectivity index (χ0v) is 10.1. The summed E-state index contributed by atoms with van der Waals surface area (Å²) in [7, 11) is 2.10. The van der Waals surface area contributed by atoms with E-state index in [1.165, 1.54) is 5.69 Å². The van der Waals surface area contributed by atoms with E-state index in [9.17, 15) is 0 Å². The molecule has 0 aliphatic carbocycles. The quantitative estimate of drug-likeness (QED) is 0.773. The normalized spacial score (nSPS) is 10.4. The minimum absolute atomic E-state index is 0.787. The monoisotopic (exact) mass is 230 g/mol. The third kappa shape index (κ3) is 3.64. The van der Waals surface area contributed by atoms with Gasteiger partial charge >= 0.3 is 0 Å². The number of benzene rings is 1. The number of para-hydroxylation sites is 1. The van der Waals surface area contributed by atoms with Gasteiger partial charge in [-0.2, -0.15) is 0 Å². The van der Waals surface area contributed by atoms with Gasteiger partial charge in [0.2, 0.25) is 0 Å². The summed E-state index contributed by atoms with van der Waals surface area (Å²) in [6.45, 7) is 2.70. The van der Waals surface area contributed by atoms with Gasteiger partial charge in [-0.25, -0.2) is 0 Å². The summed E-state index contributed by atoms with van der Waals surface area (Å²) in [5.74, 6) is 0.979. The van der Waals surface area contributed by atoms with E-state index in [1.54, 1.807) is 6.26 Å². The van der Waals surface area contributed by atoms with E-state index in [0.29, 0.717) is 0 Å². The molecule has 1 heterocycles. The third-order valence-electron chi connectivity index (χ3n) is 2.70. The molecule has 0 saturated carbocycles. The molecule has 0 aliphatic heterocycles. The van der Waals surface area contributed by atoms with Crippen LogP contribution in [0.4, 0.5) is 5.69 Å². The van der Waals surface area contributed by atoms with Crippen molar-refractivity contribution in [3.63, 3.8) is 0 Å². The van der Waals surface area contributed by atoms with Crippen molar-refractivity contribution in [1.29, 1.82) is 0 Å². The number of hydrogen-bond donors (Lipinski definition) is 1. The molecule has 0 unspecified atom stereocenters. The van der Waals surface area contributed by atoms with E-state index >= 15 is 0 Å². The van der Waals surface area contributed by atoms with Crippen molar-refractivity contribution in [2.75, 3.05) is 25.0 Å².